The first kappa shape index (κ1) is 12.1. The van der Waals surface area contributed by atoms with E-state index in [4.69, 9.17) is 11.6 Å². The number of nitrogens with zero attached hydrogens (tertiary/aromatic N) is 3. The maximum atomic E-state index is 6.06. The van der Waals surface area contributed by atoms with Gasteiger partial charge in [0.25, 0.3) is 0 Å². The van der Waals surface area contributed by atoms with E-state index in [0.717, 1.165) is 25.2 Å². The van der Waals surface area contributed by atoms with Crippen molar-refractivity contribution in [2.75, 3.05) is 0 Å². The molecule has 0 aliphatic rings. The molecule has 0 aliphatic heterocycles. The first-order valence-electron chi connectivity index (χ1n) is 5.84. The molecule has 4 heteroatoms. The number of aryl methyl sites for hydroxylation is 2. The molecular formula is C13H16ClN3. The normalized spacial score (nSPS) is 10.8. The van der Waals surface area contributed by atoms with Gasteiger partial charge in [0.05, 0.1) is 6.54 Å². The third-order valence-corrected chi connectivity index (χ3v) is 2.96. The maximum absolute atomic E-state index is 6.06. The molecule has 0 saturated carbocycles. The molecule has 0 unspecified atom stereocenters. The van der Waals surface area contributed by atoms with Crippen LogP contribution in [0, 0.1) is 6.92 Å². The molecule has 0 radical (unpaired) electrons. The van der Waals surface area contributed by atoms with Gasteiger partial charge in [-0.25, -0.2) is 0 Å². The number of aromatic nitrogens is 3. The van der Waals surface area contributed by atoms with Crippen molar-refractivity contribution in [1.82, 2.24) is 14.8 Å². The molecule has 2 aromatic rings. The van der Waals surface area contributed by atoms with E-state index in [1.165, 1.54) is 11.1 Å². The van der Waals surface area contributed by atoms with Crippen LogP contribution in [0.3, 0.4) is 0 Å². The highest BCUT2D eigenvalue weighted by molar-refractivity contribution is 6.28. The van der Waals surface area contributed by atoms with Crippen molar-refractivity contribution in [2.24, 2.45) is 0 Å². The molecule has 2 rings (SSSR count). The largest absolute Gasteiger partial charge is 0.297 e. The predicted molar refractivity (Wildman–Crippen MR) is 69.3 cm³/mol. The van der Waals surface area contributed by atoms with Gasteiger partial charge in [-0.05, 0) is 30.5 Å². The minimum atomic E-state index is 0.468. The highest BCUT2D eigenvalue weighted by atomic mass is 35.5. The molecule has 1 heterocycles. The van der Waals surface area contributed by atoms with Crippen molar-refractivity contribution in [3.05, 3.63) is 46.5 Å². The zero-order valence-corrected chi connectivity index (χ0v) is 10.9. The Kier molecular flexibility index (Phi) is 3.79. The highest BCUT2D eigenvalue weighted by Crippen LogP contribution is 2.14. The molecule has 1 aromatic carbocycles. The van der Waals surface area contributed by atoms with Gasteiger partial charge >= 0.3 is 0 Å². The first-order chi connectivity index (χ1) is 8.20. The third kappa shape index (κ3) is 2.86. The van der Waals surface area contributed by atoms with Gasteiger partial charge < -0.3 is 0 Å². The molecule has 0 atom stereocenters. The lowest BCUT2D eigenvalue weighted by Gasteiger charge is -2.07. The van der Waals surface area contributed by atoms with Gasteiger partial charge in [0.15, 0.2) is 0 Å². The Labute approximate surface area is 106 Å². The Morgan fingerprint density at radius 1 is 1.29 bits per heavy atom. The van der Waals surface area contributed by atoms with Crippen LogP contribution in [0.4, 0.5) is 0 Å². The summed E-state index contributed by atoms with van der Waals surface area (Å²) >= 11 is 6.06. The van der Waals surface area contributed by atoms with Crippen molar-refractivity contribution < 1.29 is 0 Å². The van der Waals surface area contributed by atoms with E-state index in [-0.39, 0.29) is 0 Å². The number of halogens is 1. The quantitative estimate of drug-likeness (QED) is 0.833. The summed E-state index contributed by atoms with van der Waals surface area (Å²) in [6.07, 6.45) is 1.95. The van der Waals surface area contributed by atoms with Crippen LogP contribution < -0.4 is 0 Å². The number of benzene rings is 1. The number of hydrogen-bond acceptors (Lipinski definition) is 2. The molecule has 0 aliphatic carbocycles. The van der Waals surface area contributed by atoms with E-state index >= 15 is 0 Å². The number of hydrogen-bond donors (Lipinski definition) is 0. The van der Waals surface area contributed by atoms with Crippen LogP contribution in [0.5, 0.6) is 0 Å². The summed E-state index contributed by atoms with van der Waals surface area (Å²) in [5, 5.41) is 8.50. The summed E-state index contributed by atoms with van der Waals surface area (Å²) in [4.78, 5) is 0. The zero-order chi connectivity index (χ0) is 12.3. The van der Waals surface area contributed by atoms with Crippen LogP contribution in [0.2, 0.25) is 5.28 Å². The van der Waals surface area contributed by atoms with Crippen molar-refractivity contribution in [2.45, 2.75) is 33.2 Å². The molecule has 90 valence electrons. The van der Waals surface area contributed by atoms with Crippen LogP contribution >= 0.6 is 11.6 Å². The molecule has 3 nitrogen and oxygen atoms in total. The summed E-state index contributed by atoms with van der Waals surface area (Å²) < 4.78 is 1.97. The van der Waals surface area contributed by atoms with Crippen LogP contribution in [-0.4, -0.2) is 14.8 Å². The first-order valence-corrected chi connectivity index (χ1v) is 6.21. The third-order valence-electron chi connectivity index (χ3n) is 2.68. The SMILES string of the molecule is CCCc1nnc(Cl)n1Cc1cccc(C)c1. The second-order valence-electron chi connectivity index (χ2n) is 4.21. The molecular weight excluding hydrogens is 234 g/mol. The molecule has 0 spiro atoms. The second kappa shape index (κ2) is 5.32. The van der Waals surface area contributed by atoms with Gasteiger partial charge in [0.2, 0.25) is 5.28 Å². The van der Waals surface area contributed by atoms with E-state index in [9.17, 15) is 0 Å². The van der Waals surface area contributed by atoms with E-state index in [0.29, 0.717) is 5.28 Å². The maximum Gasteiger partial charge on any atom is 0.225 e. The van der Waals surface area contributed by atoms with Crippen molar-refractivity contribution >= 4 is 11.6 Å². The molecule has 1 aromatic heterocycles. The number of rotatable bonds is 4. The van der Waals surface area contributed by atoms with Gasteiger partial charge in [-0.2, -0.15) is 0 Å². The Balaban J connectivity index is 2.26. The zero-order valence-electron chi connectivity index (χ0n) is 10.2. The van der Waals surface area contributed by atoms with Gasteiger partial charge in [-0.3, -0.25) is 4.57 Å². The van der Waals surface area contributed by atoms with Gasteiger partial charge in [0, 0.05) is 6.42 Å². The monoisotopic (exact) mass is 249 g/mol. The lowest BCUT2D eigenvalue weighted by atomic mass is 10.1. The van der Waals surface area contributed by atoms with Crippen molar-refractivity contribution in [3.63, 3.8) is 0 Å². The van der Waals surface area contributed by atoms with Gasteiger partial charge in [0.1, 0.15) is 5.82 Å². The summed E-state index contributed by atoms with van der Waals surface area (Å²) in [6.45, 7) is 4.95. The van der Waals surface area contributed by atoms with Crippen LogP contribution in [-0.2, 0) is 13.0 Å². The van der Waals surface area contributed by atoms with E-state index in [1.807, 2.05) is 4.57 Å². The fourth-order valence-corrected chi connectivity index (χ4v) is 2.07. The van der Waals surface area contributed by atoms with Crippen molar-refractivity contribution in [1.29, 1.82) is 0 Å². The summed E-state index contributed by atoms with van der Waals surface area (Å²) in [7, 11) is 0. The highest BCUT2D eigenvalue weighted by Gasteiger charge is 2.09. The minimum absolute atomic E-state index is 0.468. The lowest BCUT2D eigenvalue weighted by Crippen LogP contribution is -2.05. The van der Waals surface area contributed by atoms with Crippen LogP contribution in [0.15, 0.2) is 24.3 Å². The summed E-state index contributed by atoms with van der Waals surface area (Å²) in [6, 6.07) is 8.40. The Bertz CT molecular complexity index is 505. The fraction of sp³-hybridized carbons (Fsp3) is 0.385. The lowest BCUT2D eigenvalue weighted by molar-refractivity contribution is 0.705. The minimum Gasteiger partial charge on any atom is -0.297 e. The van der Waals surface area contributed by atoms with E-state index < -0.39 is 0 Å². The van der Waals surface area contributed by atoms with Crippen LogP contribution in [0.1, 0.15) is 30.3 Å². The average Bonchev–Trinajstić information content (AvgIpc) is 2.62. The van der Waals surface area contributed by atoms with E-state index in [2.05, 4.69) is 48.3 Å². The topological polar surface area (TPSA) is 30.7 Å². The smallest absolute Gasteiger partial charge is 0.225 e. The second-order valence-corrected chi connectivity index (χ2v) is 4.55. The molecule has 0 bridgehead atoms. The molecule has 17 heavy (non-hydrogen) atoms. The predicted octanol–water partition coefficient (Wildman–Crippen LogP) is 3.24. The Hall–Kier alpha value is -1.35. The Morgan fingerprint density at radius 3 is 2.82 bits per heavy atom. The molecule has 0 amide bonds. The molecule has 0 fully saturated rings. The van der Waals surface area contributed by atoms with E-state index in [1.54, 1.807) is 0 Å². The molecule has 0 N–H and O–H groups in total. The molecule has 0 saturated heterocycles. The van der Waals surface area contributed by atoms with Gasteiger partial charge in [-0.1, -0.05) is 36.8 Å². The Morgan fingerprint density at radius 2 is 2.12 bits per heavy atom. The fourth-order valence-electron chi connectivity index (χ4n) is 1.87. The van der Waals surface area contributed by atoms with Gasteiger partial charge in [-0.15, -0.1) is 10.2 Å². The summed E-state index contributed by atoms with van der Waals surface area (Å²) in [5.74, 6) is 0.957. The standard InChI is InChI=1S/C13H16ClN3/c1-3-5-12-15-16-13(14)17(12)9-11-7-4-6-10(2)8-11/h4,6-8H,3,5,9H2,1-2H3. The van der Waals surface area contributed by atoms with Crippen molar-refractivity contribution in [3.8, 4) is 0 Å². The average molecular weight is 250 g/mol. The summed E-state index contributed by atoms with van der Waals surface area (Å²) in [5.41, 5.74) is 2.48. The van der Waals surface area contributed by atoms with Crippen LogP contribution in [0.25, 0.3) is 0 Å².